The molecule has 30 heavy (non-hydrogen) atoms. The first kappa shape index (κ1) is 17.1. The third-order valence-corrected chi connectivity index (χ3v) is 6.15. The van der Waals surface area contributed by atoms with Crippen molar-refractivity contribution in [2.75, 3.05) is 5.73 Å². The van der Waals surface area contributed by atoms with Gasteiger partial charge in [0, 0.05) is 29.2 Å². The fourth-order valence-electron chi connectivity index (χ4n) is 4.48. The van der Waals surface area contributed by atoms with Crippen LogP contribution >= 0.6 is 0 Å². The Balaban J connectivity index is 1.49. The van der Waals surface area contributed by atoms with E-state index in [1.807, 2.05) is 29.7 Å². The minimum atomic E-state index is -0.293. The van der Waals surface area contributed by atoms with Gasteiger partial charge in [-0.15, -0.1) is 0 Å². The van der Waals surface area contributed by atoms with Crippen molar-refractivity contribution in [3.63, 3.8) is 0 Å². The van der Waals surface area contributed by atoms with E-state index in [9.17, 15) is 4.79 Å². The molecule has 9 nitrogen and oxygen atoms in total. The molecule has 1 amide bonds. The lowest BCUT2D eigenvalue weighted by Gasteiger charge is -2.61. The quantitative estimate of drug-likeness (QED) is 0.538. The Kier molecular flexibility index (Phi) is 3.36. The maximum atomic E-state index is 13.0. The van der Waals surface area contributed by atoms with Gasteiger partial charge in [-0.1, -0.05) is 0 Å². The van der Waals surface area contributed by atoms with Crippen molar-refractivity contribution in [1.82, 2.24) is 29.7 Å². The zero-order valence-corrected chi connectivity index (χ0v) is 16.3. The number of nitrogen functional groups attached to an aromatic ring is 1. The number of hydrogen-bond acceptors (Lipinski definition) is 7. The third-order valence-electron chi connectivity index (χ3n) is 6.15. The smallest absolute Gasteiger partial charge is 0.274 e. The zero-order valence-electron chi connectivity index (χ0n) is 16.3. The normalized spacial score (nSPS) is 21.8. The fourth-order valence-corrected chi connectivity index (χ4v) is 4.48. The van der Waals surface area contributed by atoms with E-state index in [0.717, 1.165) is 42.1 Å². The standard InChI is InChI=1S/C21H19N7O2/c1-11-9-24-14-3-2-13(10-28(11)14)15-16(20-23-4-5-30-20)26-18(22)17(25-15)19(29)27-21-6-12(7-21)8-21/h2-5,9-10,12H,6-8H2,1H3,(H2,22,26)(H,27,29). The van der Waals surface area contributed by atoms with Gasteiger partial charge in [-0.2, -0.15) is 0 Å². The van der Waals surface area contributed by atoms with E-state index in [-0.39, 0.29) is 28.8 Å². The van der Waals surface area contributed by atoms with Crippen LogP contribution in [-0.4, -0.2) is 35.8 Å². The van der Waals surface area contributed by atoms with Crippen molar-refractivity contribution >= 4 is 17.4 Å². The van der Waals surface area contributed by atoms with E-state index in [1.165, 1.54) is 12.5 Å². The molecule has 0 atom stereocenters. The third kappa shape index (κ3) is 2.44. The lowest BCUT2D eigenvalue weighted by Crippen LogP contribution is -2.68. The summed E-state index contributed by atoms with van der Waals surface area (Å²) in [5.74, 6) is 0.800. The number of imidazole rings is 1. The van der Waals surface area contributed by atoms with Gasteiger partial charge in [0.05, 0.1) is 6.20 Å². The van der Waals surface area contributed by atoms with Crippen molar-refractivity contribution in [2.45, 2.75) is 31.7 Å². The largest absolute Gasteiger partial charge is 0.443 e. The number of aryl methyl sites for hydroxylation is 1. The highest BCUT2D eigenvalue weighted by Gasteiger charge is 2.57. The first-order valence-electron chi connectivity index (χ1n) is 9.85. The molecule has 0 spiro atoms. The topological polar surface area (TPSA) is 124 Å². The van der Waals surface area contributed by atoms with Gasteiger partial charge in [-0.05, 0) is 44.2 Å². The number of nitrogens with one attached hydrogen (secondary N) is 1. The molecule has 3 aliphatic carbocycles. The summed E-state index contributed by atoms with van der Waals surface area (Å²) in [6, 6.07) is 3.78. The maximum absolute atomic E-state index is 13.0. The Labute approximate surface area is 171 Å². The summed E-state index contributed by atoms with van der Waals surface area (Å²) in [5, 5.41) is 3.11. The lowest BCUT2D eigenvalue weighted by molar-refractivity contribution is -0.0439. The summed E-state index contributed by atoms with van der Waals surface area (Å²) in [6.07, 6.45) is 9.80. The van der Waals surface area contributed by atoms with Crippen LogP contribution in [0.1, 0.15) is 35.4 Å². The zero-order chi connectivity index (χ0) is 20.5. The number of nitrogens with zero attached hydrogens (tertiary/aromatic N) is 5. The number of oxazole rings is 1. The number of rotatable bonds is 4. The van der Waals surface area contributed by atoms with E-state index in [2.05, 4.69) is 25.3 Å². The molecule has 3 aliphatic rings. The van der Waals surface area contributed by atoms with Crippen LogP contribution in [-0.2, 0) is 0 Å². The number of hydrogen-bond donors (Lipinski definition) is 2. The molecule has 4 aromatic heterocycles. The van der Waals surface area contributed by atoms with Crippen molar-refractivity contribution in [2.24, 2.45) is 5.92 Å². The summed E-state index contributed by atoms with van der Waals surface area (Å²) in [5.41, 5.74) is 9.60. The van der Waals surface area contributed by atoms with E-state index in [1.54, 1.807) is 6.20 Å². The van der Waals surface area contributed by atoms with Gasteiger partial charge in [-0.25, -0.2) is 19.9 Å². The minimum Gasteiger partial charge on any atom is -0.443 e. The highest BCUT2D eigenvalue weighted by molar-refractivity contribution is 5.98. The molecule has 0 radical (unpaired) electrons. The van der Waals surface area contributed by atoms with E-state index in [0.29, 0.717) is 11.4 Å². The second-order valence-corrected chi connectivity index (χ2v) is 8.25. The van der Waals surface area contributed by atoms with Crippen LogP contribution in [0.3, 0.4) is 0 Å². The SMILES string of the molecule is Cc1cnc2ccc(-c3nc(C(=O)NC45CC(C4)C5)c(N)nc3-c3ncco3)cn12. The number of pyridine rings is 1. The highest BCUT2D eigenvalue weighted by atomic mass is 16.3. The number of aromatic nitrogens is 5. The first-order chi connectivity index (χ1) is 14.5. The minimum absolute atomic E-state index is 0.0518. The molecule has 0 aromatic carbocycles. The van der Waals surface area contributed by atoms with Crippen molar-refractivity contribution < 1.29 is 9.21 Å². The van der Waals surface area contributed by atoms with Crippen LogP contribution in [0, 0.1) is 12.8 Å². The molecule has 3 N–H and O–H groups in total. The second-order valence-electron chi connectivity index (χ2n) is 8.25. The number of carbonyl (C=O) groups is 1. The van der Waals surface area contributed by atoms with E-state index < -0.39 is 0 Å². The maximum Gasteiger partial charge on any atom is 0.274 e. The van der Waals surface area contributed by atoms with Crippen LogP contribution in [0.2, 0.25) is 0 Å². The Morgan fingerprint density at radius 2 is 2.07 bits per heavy atom. The lowest BCUT2D eigenvalue weighted by atomic mass is 9.50. The Bertz CT molecular complexity index is 1290. The average molecular weight is 401 g/mol. The molecule has 0 aliphatic heterocycles. The van der Waals surface area contributed by atoms with Gasteiger partial charge < -0.3 is 19.9 Å². The number of amides is 1. The van der Waals surface area contributed by atoms with Crippen LogP contribution in [0.4, 0.5) is 5.82 Å². The van der Waals surface area contributed by atoms with Gasteiger partial charge in [-0.3, -0.25) is 4.79 Å². The van der Waals surface area contributed by atoms with Crippen molar-refractivity contribution in [1.29, 1.82) is 0 Å². The predicted octanol–water partition coefficient (Wildman–Crippen LogP) is 2.62. The Hall–Kier alpha value is -3.75. The second kappa shape index (κ2) is 5.88. The number of fused-ring (bicyclic) bond motifs is 1. The van der Waals surface area contributed by atoms with Crippen molar-refractivity contribution in [3.05, 3.63) is 48.4 Å². The summed E-state index contributed by atoms with van der Waals surface area (Å²) in [6.45, 7) is 1.97. The Morgan fingerprint density at radius 1 is 1.23 bits per heavy atom. The average Bonchev–Trinajstić information content (AvgIpc) is 3.33. The van der Waals surface area contributed by atoms with Crippen LogP contribution in [0.5, 0.6) is 0 Å². The molecule has 0 saturated heterocycles. The van der Waals surface area contributed by atoms with Gasteiger partial charge in [0.25, 0.3) is 5.91 Å². The monoisotopic (exact) mass is 401 g/mol. The van der Waals surface area contributed by atoms with Crippen LogP contribution < -0.4 is 11.1 Å². The van der Waals surface area contributed by atoms with E-state index >= 15 is 0 Å². The number of carbonyl (C=O) groups excluding carboxylic acids is 1. The molecule has 3 saturated carbocycles. The van der Waals surface area contributed by atoms with Gasteiger partial charge in [0.15, 0.2) is 17.2 Å². The van der Waals surface area contributed by atoms with E-state index in [4.69, 9.17) is 10.2 Å². The molecule has 4 aromatic rings. The predicted molar refractivity (Wildman–Crippen MR) is 108 cm³/mol. The van der Waals surface area contributed by atoms with Gasteiger partial charge >= 0.3 is 0 Å². The molecular formula is C21H19N7O2. The highest BCUT2D eigenvalue weighted by Crippen LogP contribution is 2.57. The Morgan fingerprint density at radius 3 is 2.77 bits per heavy atom. The summed E-state index contributed by atoms with van der Waals surface area (Å²) < 4.78 is 7.41. The molecular weight excluding hydrogens is 382 g/mol. The molecule has 2 bridgehead atoms. The summed E-state index contributed by atoms with van der Waals surface area (Å²) >= 11 is 0. The van der Waals surface area contributed by atoms with Crippen LogP contribution in [0.15, 0.2) is 41.4 Å². The first-order valence-corrected chi connectivity index (χ1v) is 9.85. The molecule has 3 fully saturated rings. The van der Waals surface area contributed by atoms with Gasteiger partial charge in [0.1, 0.15) is 17.6 Å². The van der Waals surface area contributed by atoms with Crippen LogP contribution in [0.25, 0.3) is 28.5 Å². The fraction of sp³-hybridized carbons (Fsp3) is 0.286. The number of anilines is 1. The number of nitrogens with two attached hydrogens (primary N) is 1. The molecule has 0 unspecified atom stereocenters. The molecule has 9 heteroatoms. The molecule has 7 rings (SSSR count). The van der Waals surface area contributed by atoms with Gasteiger partial charge in [0.2, 0.25) is 5.89 Å². The molecule has 4 heterocycles. The summed E-state index contributed by atoms with van der Waals surface area (Å²) in [4.78, 5) is 30.6. The van der Waals surface area contributed by atoms with Crippen molar-refractivity contribution in [3.8, 4) is 22.8 Å². The molecule has 150 valence electrons. The summed E-state index contributed by atoms with van der Waals surface area (Å²) in [7, 11) is 0.